The van der Waals surface area contributed by atoms with E-state index in [1.165, 1.54) is 0 Å². The van der Waals surface area contributed by atoms with Crippen molar-refractivity contribution >= 4 is 17.4 Å². The number of urea groups is 1. The van der Waals surface area contributed by atoms with E-state index in [1.54, 1.807) is 11.3 Å². The van der Waals surface area contributed by atoms with Crippen molar-refractivity contribution in [2.45, 2.75) is 32.4 Å². The van der Waals surface area contributed by atoms with Crippen molar-refractivity contribution in [2.24, 2.45) is 0 Å². The highest BCUT2D eigenvalue weighted by Crippen LogP contribution is 2.16. The largest absolute Gasteiger partial charge is 0.471 e. The normalized spacial score (nSPS) is 17.8. The zero-order valence-electron chi connectivity index (χ0n) is 13.1. The Morgan fingerprint density at radius 2 is 2.35 bits per heavy atom. The molecule has 6 nitrogen and oxygen atoms in total. The zero-order chi connectivity index (χ0) is 16.1. The van der Waals surface area contributed by atoms with E-state index in [4.69, 9.17) is 4.74 Å². The number of hydrogen-bond acceptors (Lipinski definition) is 5. The Kier molecular flexibility index (Phi) is 5.07. The van der Waals surface area contributed by atoms with Crippen LogP contribution in [0.1, 0.15) is 23.4 Å². The molecule has 23 heavy (non-hydrogen) atoms. The first-order chi connectivity index (χ1) is 11.2. The highest BCUT2D eigenvalue weighted by atomic mass is 32.1. The number of aryl methyl sites for hydroxylation is 1. The molecule has 1 atom stereocenters. The van der Waals surface area contributed by atoms with Crippen molar-refractivity contribution in [3.63, 3.8) is 0 Å². The minimum absolute atomic E-state index is 0.0340. The first-order valence-electron chi connectivity index (χ1n) is 7.73. The maximum atomic E-state index is 12.3. The molecule has 2 amide bonds. The Hall–Kier alpha value is -2.15. The number of carbonyl (C=O) groups excluding carboxylic acids is 1. The second kappa shape index (κ2) is 7.41. The van der Waals surface area contributed by atoms with Crippen LogP contribution in [0.15, 0.2) is 29.6 Å². The molecule has 1 saturated heterocycles. The minimum Gasteiger partial charge on any atom is -0.471 e. The number of likely N-dealkylation sites (tertiary alicyclic amines) is 1. The van der Waals surface area contributed by atoms with Crippen molar-refractivity contribution in [1.82, 2.24) is 20.4 Å². The van der Waals surface area contributed by atoms with Crippen LogP contribution in [0.4, 0.5) is 4.79 Å². The molecule has 1 aliphatic heterocycles. The number of ether oxygens (including phenoxy) is 1. The molecule has 0 spiro atoms. The van der Waals surface area contributed by atoms with E-state index in [0.717, 1.165) is 30.0 Å². The van der Waals surface area contributed by atoms with Gasteiger partial charge in [0, 0.05) is 17.5 Å². The number of thiophene rings is 1. The molecule has 0 aliphatic carbocycles. The lowest BCUT2D eigenvalue weighted by molar-refractivity contribution is 0.0969. The van der Waals surface area contributed by atoms with Crippen LogP contribution in [0, 0.1) is 6.92 Å². The summed E-state index contributed by atoms with van der Waals surface area (Å²) in [6, 6.07) is 7.65. The molecule has 0 radical (unpaired) electrons. The number of piperidine rings is 1. The Balaban J connectivity index is 1.51. The molecule has 7 heteroatoms. The fourth-order valence-corrected chi connectivity index (χ4v) is 3.17. The van der Waals surface area contributed by atoms with Gasteiger partial charge in [-0.15, -0.1) is 16.4 Å². The minimum atomic E-state index is -0.0401. The number of amides is 2. The third kappa shape index (κ3) is 4.41. The van der Waals surface area contributed by atoms with Gasteiger partial charge in [-0.3, -0.25) is 0 Å². The fourth-order valence-electron chi connectivity index (χ4n) is 2.53. The van der Waals surface area contributed by atoms with E-state index >= 15 is 0 Å². The second-order valence-corrected chi connectivity index (χ2v) is 6.61. The summed E-state index contributed by atoms with van der Waals surface area (Å²) in [4.78, 5) is 15.2. The molecular weight excluding hydrogens is 312 g/mol. The predicted octanol–water partition coefficient (Wildman–Crippen LogP) is 2.60. The summed E-state index contributed by atoms with van der Waals surface area (Å²) in [6.07, 6.45) is 1.81. The van der Waals surface area contributed by atoms with Gasteiger partial charge < -0.3 is 15.0 Å². The van der Waals surface area contributed by atoms with Crippen molar-refractivity contribution in [2.75, 3.05) is 13.1 Å². The van der Waals surface area contributed by atoms with E-state index in [9.17, 15) is 4.79 Å². The van der Waals surface area contributed by atoms with Crippen LogP contribution in [-0.2, 0) is 6.54 Å². The monoisotopic (exact) mass is 332 g/mol. The molecule has 3 rings (SSSR count). The maximum absolute atomic E-state index is 12.3. The topological polar surface area (TPSA) is 67.3 Å². The molecule has 1 fully saturated rings. The summed E-state index contributed by atoms with van der Waals surface area (Å²) in [7, 11) is 0. The number of nitrogens with one attached hydrogen (secondary N) is 1. The van der Waals surface area contributed by atoms with Gasteiger partial charge in [0.05, 0.1) is 18.8 Å². The summed E-state index contributed by atoms with van der Waals surface area (Å²) >= 11 is 1.64. The summed E-state index contributed by atoms with van der Waals surface area (Å²) in [6.45, 7) is 3.79. The summed E-state index contributed by atoms with van der Waals surface area (Å²) in [5.74, 6) is 0.515. The third-order valence-corrected chi connectivity index (χ3v) is 4.60. The van der Waals surface area contributed by atoms with Gasteiger partial charge in [0.1, 0.15) is 6.10 Å². The molecule has 122 valence electrons. The second-order valence-electron chi connectivity index (χ2n) is 5.58. The molecule has 3 heterocycles. The van der Waals surface area contributed by atoms with Crippen LogP contribution < -0.4 is 10.1 Å². The molecule has 0 aromatic carbocycles. The SMILES string of the molecule is Cc1ccc(O[C@H]2CCCN(C(=O)NCc3cccs3)C2)nn1. The van der Waals surface area contributed by atoms with Gasteiger partial charge in [-0.2, -0.15) is 5.10 Å². The summed E-state index contributed by atoms with van der Waals surface area (Å²) in [5.41, 5.74) is 0.857. The fraction of sp³-hybridized carbons (Fsp3) is 0.438. The molecule has 0 bridgehead atoms. The first kappa shape index (κ1) is 15.7. The van der Waals surface area contributed by atoms with Crippen molar-refractivity contribution in [1.29, 1.82) is 0 Å². The van der Waals surface area contributed by atoms with Gasteiger partial charge in [-0.25, -0.2) is 4.79 Å². The van der Waals surface area contributed by atoms with Crippen LogP contribution >= 0.6 is 11.3 Å². The highest BCUT2D eigenvalue weighted by Gasteiger charge is 2.25. The van der Waals surface area contributed by atoms with Gasteiger partial charge in [0.2, 0.25) is 5.88 Å². The molecule has 1 aliphatic rings. The van der Waals surface area contributed by atoms with E-state index in [-0.39, 0.29) is 12.1 Å². The van der Waals surface area contributed by atoms with Gasteiger partial charge in [0.25, 0.3) is 0 Å². The van der Waals surface area contributed by atoms with Gasteiger partial charge >= 0.3 is 6.03 Å². The lowest BCUT2D eigenvalue weighted by atomic mass is 10.1. The standard InChI is InChI=1S/C16H20N4O2S/c1-12-6-7-15(19-18-12)22-13-4-2-8-20(11-13)16(21)17-10-14-5-3-9-23-14/h3,5-7,9,13H,2,4,8,10-11H2,1H3,(H,17,21)/t13-/m0/s1. The lowest BCUT2D eigenvalue weighted by Gasteiger charge is -2.32. The van der Waals surface area contributed by atoms with E-state index in [2.05, 4.69) is 15.5 Å². The molecule has 2 aromatic rings. The number of nitrogens with zero attached hydrogens (tertiary/aromatic N) is 3. The number of aromatic nitrogens is 2. The van der Waals surface area contributed by atoms with E-state index in [1.807, 2.05) is 41.5 Å². The molecule has 0 saturated carbocycles. The van der Waals surface area contributed by atoms with Crippen LogP contribution in [0.25, 0.3) is 0 Å². The molecule has 2 aromatic heterocycles. The molecule has 1 N–H and O–H groups in total. The van der Waals surface area contributed by atoms with Crippen LogP contribution in [-0.4, -0.2) is 40.3 Å². The average Bonchev–Trinajstić information content (AvgIpc) is 3.08. The van der Waals surface area contributed by atoms with Crippen LogP contribution in [0.5, 0.6) is 5.88 Å². The highest BCUT2D eigenvalue weighted by molar-refractivity contribution is 7.09. The smallest absolute Gasteiger partial charge is 0.317 e. The Labute approximate surface area is 139 Å². The van der Waals surface area contributed by atoms with Crippen molar-refractivity contribution in [3.05, 3.63) is 40.2 Å². The molecule has 0 unspecified atom stereocenters. The number of hydrogen-bond donors (Lipinski definition) is 1. The lowest BCUT2D eigenvalue weighted by Crippen LogP contribution is -2.48. The average molecular weight is 332 g/mol. The van der Waals surface area contributed by atoms with Gasteiger partial charge in [-0.1, -0.05) is 6.07 Å². The zero-order valence-corrected chi connectivity index (χ0v) is 13.9. The van der Waals surface area contributed by atoms with Gasteiger partial charge in [0.15, 0.2) is 0 Å². The van der Waals surface area contributed by atoms with Crippen molar-refractivity contribution < 1.29 is 9.53 Å². The van der Waals surface area contributed by atoms with E-state index in [0.29, 0.717) is 19.0 Å². The predicted molar refractivity (Wildman–Crippen MR) is 88.5 cm³/mol. The maximum Gasteiger partial charge on any atom is 0.317 e. The third-order valence-electron chi connectivity index (χ3n) is 3.72. The summed E-state index contributed by atoms with van der Waals surface area (Å²) < 4.78 is 5.85. The number of carbonyl (C=O) groups is 1. The quantitative estimate of drug-likeness (QED) is 0.934. The Morgan fingerprint density at radius 3 is 3.09 bits per heavy atom. The first-order valence-corrected chi connectivity index (χ1v) is 8.61. The summed E-state index contributed by atoms with van der Waals surface area (Å²) in [5, 5.41) is 13.0. The van der Waals surface area contributed by atoms with Crippen molar-refractivity contribution in [3.8, 4) is 5.88 Å². The van der Waals surface area contributed by atoms with Crippen LogP contribution in [0.3, 0.4) is 0 Å². The van der Waals surface area contributed by atoms with Gasteiger partial charge in [-0.05, 0) is 37.3 Å². The molecular formula is C16H20N4O2S. The van der Waals surface area contributed by atoms with Crippen LogP contribution in [0.2, 0.25) is 0 Å². The van der Waals surface area contributed by atoms with E-state index < -0.39 is 0 Å². The Bertz CT molecular complexity index is 630. The number of rotatable bonds is 4. The Morgan fingerprint density at radius 1 is 1.43 bits per heavy atom.